The zero-order valence-electron chi connectivity index (χ0n) is 9.01. The monoisotopic (exact) mass is 249 g/mol. The Kier molecular flexibility index (Phi) is 5.04. The van der Waals surface area contributed by atoms with Gasteiger partial charge in [-0.1, -0.05) is 23.7 Å². The SMILES string of the molecule is Nc1ccc(Cl)cc1.O=Cc1ccccc1O. The molecule has 2 rings (SSSR count). The molecule has 0 aliphatic rings. The van der Waals surface area contributed by atoms with Gasteiger partial charge in [0.25, 0.3) is 0 Å². The summed E-state index contributed by atoms with van der Waals surface area (Å²) in [6, 6.07) is 13.5. The van der Waals surface area contributed by atoms with Gasteiger partial charge >= 0.3 is 0 Å². The fourth-order valence-electron chi connectivity index (χ4n) is 1.05. The van der Waals surface area contributed by atoms with E-state index in [1.807, 2.05) is 0 Å². The summed E-state index contributed by atoms with van der Waals surface area (Å²) >= 11 is 5.56. The molecule has 0 aromatic heterocycles. The van der Waals surface area contributed by atoms with Crippen LogP contribution in [0, 0.1) is 0 Å². The van der Waals surface area contributed by atoms with Crippen LogP contribution in [0.15, 0.2) is 48.5 Å². The quantitative estimate of drug-likeness (QED) is 0.603. The second kappa shape index (κ2) is 6.55. The minimum absolute atomic E-state index is 0.0347. The predicted octanol–water partition coefficient (Wildman–Crippen LogP) is 3.13. The molecule has 0 fully saturated rings. The van der Waals surface area contributed by atoms with Crippen LogP contribution in [-0.2, 0) is 0 Å². The molecule has 0 radical (unpaired) electrons. The van der Waals surface area contributed by atoms with Crippen LogP contribution in [0.4, 0.5) is 5.69 Å². The Bertz CT molecular complexity index is 462. The number of hydrogen-bond donors (Lipinski definition) is 2. The summed E-state index contributed by atoms with van der Waals surface area (Å²) < 4.78 is 0. The van der Waals surface area contributed by atoms with E-state index in [9.17, 15) is 4.79 Å². The Hall–Kier alpha value is -2.00. The number of aromatic hydroxyl groups is 1. The van der Waals surface area contributed by atoms with Gasteiger partial charge in [-0.3, -0.25) is 4.79 Å². The number of halogens is 1. The third-order valence-electron chi connectivity index (χ3n) is 1.93. The zero-order valence-corrected chi connectivity index (χ0v) is 9.76. The lowest BCUT2D eigenvalue weighted by Crippen LogP contribution is -1.80. The first-order valence-electron chi connectivity index (χ1n) is 4.87. The molecule has 3 nitrogen and oxygen atoms in total. The summed E-state index contributed by atoms with van der Waals surface area (Å²) in [4.78, 5) is 10.1. The number of carbonyl (C=O) groups excluding carboxylic acids is 1. The van der Waals surface area contributed by atoms with Crippen molar-refractivity contribution in [3.63, 3.8) is 0 Å². The molecule has 4 heteroatoms. The molecule has 2 aromatic rings. The van der Waals surface area contributed by atoms with E-state index in [0.717, 1.165) is 10.7 Å². The van der Waals surface area contributed by atoms with Crippen LogP contribution in [0.2, 0.25) is 5.02 Å². The van der Waals surface area contributed by atoms with Crippen molar-refractivity contribution in [2.24, 2.45) is 0 Å². The van der Waals surface area contributed by atoms with Gasteiger partial charge in [-0.15, -0.1) is 0 Å². The summed E-state index contributed by atoms with van der Waals surface area (Å²) in [5.74, 6) is 0.0347. The Labute approximate surface area is 104 Å². The number of anilines is 1. The Morgan fingerprint density at radius 2 is 1.65 bits per heavy atom. The van der Waals surface area contributed by atoms with Crippen molar-refractivity contribution in [1.82, 2.24) is 0 Å². The summed E-state index contributed by atoms with van der Waals surface area (Å²) in [7, 11) is 0. The van der Waals surface area contributed by atoms with Crippen LogP contribution < -0.4 is 5.73 Å². The number of aldehydes is 1. The number of nitrogens with two attached hydrogens (primary N) is 1. The van der Waals surface area contributed by atoms with Gasteiger partial charge in [0.1, 0.15) is 5.75 Å². The minimum atomic E-state index is 0.0347. The molecule has 0 atom stereocenters. The summed E-state index contributed by atoms with van der Waals surface area (Å²) in [6.45, 7) is 0. The Morgan fingerprint density at radius 1 is 1.06 bits per heavy atom. The molecule has 0 heterocycles. The lowest BCUT2D eigenvalue weighted by molar-refractivity contribution is 0.112. The second-order valence-electron chi connectivity index (χ2n) is 3.23. The van der Waals surface area contributed by atoms with Crippen molar-refractivity contribution in [3.8, 4) is 5.75 Å². The maximum atomic E-state index is 10.1. The van der Waals surface area contributed by atoms with Crippen LogP contribution in [0.5, 0.6) is 5.75 Å². The number of phenols is 1. The van der Waals surface area contributed by atoms with Gasteiger partial charge in [-0.05, 0) is 36.4 Å². The van der Waals surface area contributed by atoms with E-state index in [1.165, 1.54) is 6.07 Å². The standard InChI is InChI=1S/C7H6O2.C6H6ClN/c8-5-6-3-1-2-4-7(6)9;7-5-1-3-6(8)4-2-5/h1-5,9H;1-4H,8H2. The summed E-state index contributed by atoms with van der Waals surface area (Å²) in [5.41, 5.74) is 6.44. The van der Waals surface area contributed by atoms with Crippen molar-refractivity contribution < 1.29 is 9.90 Å². The highest BCUT2D eigenvalue weighted by atomic mass is 35.5. The van der Waals surface area contributed by atoms with E-state index in [1.54, 1.807) is 42.5 Å². The zero-order chi connectivity index (χ0) is 12.7. The number of carbonyl (C=O) groups is 1. The molecule has 2 aromatic carbocycles. The van der Waals surface area contributed by atoms with Crippen LogP contribution in [0.1, 0.15) is 10.4 Å². The highest BCUT2D eigenvalue weighted by molar-refractivity contribution is 6.30. The average Bonchev–Trinajstić information content (AvgIpc) is 2.34. The molecule has 0 bridgehead atoms. The van der Waals surface area contributed by atoms with E-state index in [-0.39, 0.29) is 5.75 Å². The maximum absolute atomic E-state index is 10.1. The van der Waals surface area contributed by atoms with Gasteiger partial charge in [0.15, 0.2) is 6.29 Å². The topological polar surface area (TPSA) is 63.3 Å². The van der Waals surface area contributed by atoms with Crippen LogP contribution in [0.25, 0.3) is 0 Å². The first kappa shape index (κ1) is 13.1. The lowest BCUT2D eigenvalue weighted by Gasteiger charge is -1.91. The molecule has 0 spiro atoms. The first-order chi connectivity index (χ1) is 8.13. The molecule has 3 N–H and O–H groups in total. The van der Waals surface area contributed by atoms with E-state index in [2.05, 4.69) is 0 Å². The summed E-state index contributed by atoms with van der Waals surface area (Å²) in [5, 5.41) is 9.60. The molecular weight excluding hydrogens is 238 g/mol. The van der Waals surface area contributed by atoms with Crippen LogP contribution >= 0.6 is 11.6 Å². The number of rotatable bonds is 1. The van der Waals surface area contributed by atoms with Gasteiger partial charge in [-0.2, -0.15) is 0 Å². The van der Waals surface area contributed by atoms with Crippen molar-refractivity contribution in [2.45, 2.75) is 0 Å². The molecular formula is C13H12ClNO2. The van der Waals surface area contributed by atoms with Gasteiger partial charge in [0, 0.05) is 10.7 Å². The molecule has 0 aliphatic heterocycles. The van der Waals surface area contributed by atoms with Gasteiger partial charge in [0.2, 0.25) is 0 Å². The van der Waals surface area contributed by atoms with Gasteiger partial charge < -0.3 is 10.8 Å². The van der Waals surface area contributed by atoms with Crippen molar-refractivity contribution in [3.05, 3.63) is 59.1 Å². The van der Waals surface area contributed by atoms with Crippen molar-refractivity contribution in [1.29, 1.82) is 0 Å². The number of hydrogen-bond acceptors (Lipinski definition) is 3. The highest BCUT2D eigenvalue weighted by Crippen LogP contribution is 2.11. The number of para-hydroxylation sites is 1. The highest BCUT2D eigenvalue weighted by Gasteiger charge is 1.93. The minimum Gasteiger partial charge on any atom is -0.507 e. The molecule has 17 heavy (non-hydrogen) atoms. The molecule has 0 aliphatic carbocycles. The van der Waals surface area contributed by atoms with Crippen molar-refractivity contribution in [2.75, 3.05) is 5.73 Å². The predicted molar refractivity (Wildman–Crippen MR) is 69.4 cm³/mol. The van der Waals surface area contributed by atoms with E-state index < -0.39 is 0 Å². The van der Waals surface area contributed by atoms with Crippen LogP contribution in [0.3, 0.4) is 0 Å². The third-order valence-corrected chi connectivity index (χ3v) is 2.19. The van der Waals surface area contributed by atoms with Gasteiger partial charge in [-0.25, -0.2) is 0 Å². The molecule has 0 unspecified atom stereocenters. The van der Waals surface area contributed by atoms with Crippen molar-refractivity contribution >= 4 is 23.6 Å². The Balaban J connectivity index is 0.000000171. The molecule has 88 valence electrons. The van der Waals surface area contributed by atoms with E-state index in [4.69, 9.17) is 22.4 Å². The van der Waals surface area contributed by atoms with E-state index >= 15 is 0 Å². The normalized spacial score (nSPS) is 9.00. The molecule has 0 amide bonds. The maximum Gasteiger partial charge on any atom is 0.153 e. The largest absolute Gasteiger partial charge is 0.507 e. The second-order valence-corrected chi connectivity index (χ2v) is 3.66. The Morgan fingerprint density at radius 3 is 2.06 bits per heavy atom. The molecule has 0 saturated heterocycles. The first-order valence-corrected chi connectivity index (χ1v) is 5.25. The number of phenolic OH excluding ortho intramolecular Hbond substituents is 1. The smallest absolute Gasteiger partial charge is 0.153 e. The number of benzene rings is 2. The lowest BCUT2D eigenvalue weighted by atomic mass is 10.2. The summed E-state index contributed by atoms with van der Waals surface area (Å²) in [6.07, 6.45) is 0.620. The fraction of sp³-hybridized carbons (Fsp3) is 0. The number of nitrogen functional groups attached to an aromatic ring is 1. The van der Waals surface area contributed by atoms with Gasteiger partial charge in [0.05, 0.1) is 5.56 Å². The van der Waals surface area contributed by atoms with Crippen LogP contribution in [-0.4, -0.2) is 11.4 Å². The fourth-order valence-corrected chi connectivity index (χ4v) is 1.18. The third kappa shape index (κ3) is 4.57. The average molecular weight is 250 g/mol. The molecule has 0 saturated carbocycles. The van der Waals surface area contributed by atoms with E-state index in [0.29, 0.717) is 11.8 Å².